The van der Waals surface area contributed by atoms with Gasteiger partial charge in [0.15, 0.2) is 0 Å². The first kappa shape index (κ1) is 13.1. The molecule has 20 heavy (non-hydrogen) atoms. The van der Waals surface area contributed by atoms with Crippen molar-refractivity contribution in [3.8, 4) is 0 Å². The van der Waals surface area contributed by atoms with Crippen LogP contribution in [0, 0.1) is 0 Å². The van der Waals surface area contributed by atoms with Gasteiger partial charge in [-0.15, -0.1) is 0 Å². The molecule has 3 aromatic rings. The summed E-state index contributed by atoms with van der Waals surface area (Å²) in [6.45, 7) is 0.0265. The third-order valence-corrected chi connectivity index (χ3v) is 3.71. The fourth-order valence-electron chi connectivity index (χ4n) is 2.69. The van der Waals surface area contributed by atoms with E-state index in [9.17, 15) is 10.2 Å². The van der Waals surface area contributed by atoms with E-state index in [0.717, 1.165) is 27.1 Å². The van der Waals surface area contributed by atoms with Crippen LogP contribution in [0.15, 0.2) is 54.6 Å². The molecule has 0 heterocycles. The van der Waals surface area contributed by atoms with Crippen LogP contribution in [0.1, 0.15) is 11.7 Å². The Kier molecular flexibility index (Phi) is 3.40. The van der Waals surface area contributed by atoms with Crippen molar-refractivity contribution < 1.29 is 10.2 Å². The van der Waals surface area contributed by atoms with E-state index < -0.39 is 12.2 Å². The second kappa shape index (κ2) is 5.21. The van der Waals surface area contributed by atoms with Crippen molar-refractivity contribution in [2.45, 2.75) is 12.2 Å². The van der Waals surface area contributed by atoms with Gasteiger partial charge in [-0.05, 0) is 33.2 Å². The van der Waals surface area contributed by atoms with E-state index in [2.05, 4.69) is 6.07 Å². The average Bonchev–Trinajstić information content (AvgIpc) is 2.51. The Labute approximate surface area is 117 Å². The summed E-state index contributed by atoms with van der Waals surface area (Å²) in [7, 11) is 0. The van der Waals surface area contributed by atoms with Crippen LogP contribution in [0.3, 0.4) is 0 Å². The summed E-state index contributed by atoms with van der Waals surface area (Å²) in [5.41, 5.74) is 6.24. The molecule has 0 radical (unpaired) electrons. The highest BCUT2D eigenvalue weighted by Crippen LogP contribution is 2.33. The van der Waals surface area contributed by atoms with Gasteiger partial charge in [-0.25, -0.2) is 0 Å². The highest BCUT2D eigenvalue weighted by molar-refractivity contribution is 6.02. The molecule has 0 bridgehead atoms. The van der Waals surface area contributed by atoms with Gasteiger partial charge in [-0.1, -0.05) is 48.5 Å². The van der Waals surface area contributed by atoms with E-state index in [1.54, 1.807) is 0 Å². The Bertz CT molecular complexity index is 700. The molecule has 2 atom stereocenters. The fraction of sp³-hybridized carbons (Fsp3) is 0.176. The highest BCUT2D eigenvalue weighted by atomic mass is 16.3. The minimum Gasteiger partial charge on any atom is -0.389 e. The van der Waals surface area contributed by atoms with E-state index in [-0.39, 0.29) is 6.54 Å². The molecule has 0 aliphatic heterocycles. The summed E-state index contributed by atoms with van der Waals surface area (Å²) in [6.07, 6.45) is -1.96. The van der Waals surface area contributed by atoms with Crippen LogP contribution >= 0.6 is 0 Å². The highest BCUT2D eigenvalue weighted by Gasteiger charge is 2.21. The second-order valence-electron chi connectivity index (χ2n) is 4.98. The standard InChI is InChI=1S/C17H17NO2/c18-10-15(19)17(20)16-13-7-3-1-5-11(13)9-12-6-2-4-8-14(12)16/h1-9,15,17,19-20H,10,18H2. The first-order valence-electron chi connectivity index (χ1n) is 6.69. The molecule has 0 aliphatic rings. The molecular weight excluding hydrogens is 250 g/mol. The Hall–Kier alpha value is -1.94. The molecule has 0 amide bonds. The lowest BCUT2D eigenvalue weighted by Crippen LogP contribution is -2.27. The number of benzene rings is 3. The largest absolute Gasteiger partial charge is 0.389 e. The first-order chi connectivity index (χ1) is 9.72. The maximum atomic E-state index is 10.5. The summed E-state index contributed by atoms with van der Waals surface area (Å²) in [5.74, 6) is 0. The molecule has 0 saturated heterocycles. The molecule has 0 spiro atoms. The number of hydrogen-bond donors (Lipinski definition) is 3. The van der Waals surface area contributed by atoms with Gasteiger partial charge >= 0.3 is 0 Å². The Morgan fingerprint density at radius 3 is 1.85 bits per heavy atom. The average molecular weight is 267 g/mol. The van der Waals surface area contributed by atoms with Crippen LogP contribution in [0.25, 0.3) is 21.5 Å². The third-order valence-electron chi connectivity index (χ3n) is 3.71. The van der Waals surface area contributed by atoms with Gasteiger partial charge in [-0.3, -0.25) is 0 Å². The van der Waals surface area contributed by atoms with Gasteiger partial charge in [0.25, 0.3) is 0 Å². The van der Waals surface area contributed by atoms with Crippen LogP contribution < -0.4 is 5.73 Å². The van der Waals surface area contributed by atoms with Gasteiger partial charge in [0.1, 0.15) is 6.10 Å². The summed E-state index contributed by atoms with van der Waals surface area (Å²) in [4.78, 5) is 0. The van der Waals surface area contributed by atoms with E-state index in [4.69, 9.17) is 5.73 Å². The SMILES string of the molecule is NCC(O)C(O)c1c2ccccc2cc2ccccc12. The zero-order valence-corrected chi connectivity index (χ0v) is 11.0. The van der Waals surface area contributed by atoms with Crippen LogP contribution in [0.2, 0.25) is 0 Å². The van der Waals surface area contributed by atoms with E-state index in [0.29, 0.717) is 0 Å². The van der Waals surface area contributed by atoms with Crippen molar-refractivity contribution >= 4 is 21.5 Å². The summed E-state index contributed by atoms with van der Waals surface area (Å²) < 4.78 is 0. The predicted molar refractivity (Wildman–Crippen MR) is 81.5 cm³/mol. The lowest BCUT2D eigenvalue weighted by Gasteiger charge is -2.20. The lowest BCUT2D eigenvalue weighted by atomic mass is 9.91. The van der Waals surface area contributed by atoms with Gasteiger partial charge in [-0.2, -0.15) is 0 Å². The van der Waals surface area contributed by atoms with Gasteiger partial charge < -0.3 is 15.9 Å². The van der Waals surface area contributed by atoms with E-state index in [1.165, 1.54) is 0 Å². The first-order valence-corrected chi connectivity index (χ1v) is 6.69. The van der Waals surface area contributed by atoms with Crippen molar-refractivity contribution in [1.29, 1.82) is 0 Å². The Balaban J connectivity index is 2.39. The van der Waals surface area contributed by atoms with E-state index >= 15 is 0 Å². The van der Waals surface area contributed by atoms with E-state index in [1.807, 2.05) is 48.5 Å². The summed E-state index contributed by atoms with van der Waals surface area (Å²) in [5, 5.41) is 24.4. The van der Waals surface area contributed by atoms with Gasteiger partial charge in [0.05, 0.1) is 6.10 Å². The molecule has 3 aromatic carbocycles. The van der Waals surface area contributed by atoms with Gasteiger partial charge in [0.2, 0.25) is 0 Å². The zero-order chi connectivity index (χ0) is 14.1. The smallest absolute Gasteiger partial charge is 0.107 e. The molecule has 0 aromatic heterocycles. The summed E-state index contributed by atoms with van der Waals surface area (Å²) in [6, 6.07) is 17.8. The number of aliphatic hydroxyl groups excluding tert-OH is 2. The minimum atomic E-state index is -0.990. The molecule has 4 N–H and O–H groups in total. The fourth-order valence-corrected chi connectivity index (χ4v) is 2.69. The maximum absolute atomic E-state index is 10.5. The molecule has 3 nitrogen and oxygen atoms in total. The third kappa shape index (κ3) is 2.06. The molecular formula is C17H17NO2. The Morgan fingerprint density at radius 2 is 1.35 bits per heavy atom. The molecule has 0 saturated carbocycles. The van der Waals surface area contributed by atoms with Crippen molar-refractivity contribution in [3.05, 3.63) is 60.2 Å². The number of rotatable bonds is 3. The van der Waals surface area contributed by atoms with Crippen LogP contribution in [-0.2, 0) is 0 Å². The molecule has 0 fully saturated rings. The number of nitrogens with two attached hydrogens (primary N) is 1. The maximum Gasteiger partial charge on any atom is 0.107 e. The predicted octanol–water partition coefficient (Wildman–Crippen LogP) is 2.35. The minimum absolute atomic E-state index is 0.0265. The van der Waals surface area contributed by atoms with Crippen molar-refractivity contribution in [1.82, 2.24) is 0 Å². The molecule has 0 aliphatic carbocycles. The Morgan fingerprint density at radius 1 is 0.850 bits per heavy atom. The van der Waals surface area contributed by atoms with Crippen LogP contribution in [0.5, 0.6) is 0 Å². The molecule has 102 valence electrons. The molecule has 3 heteroatoms. The quantitative estimate of drug-likeness (QED) is 0.638. The number of hydrogen-bond acceptors (Lipinski definition) is 3. The molecule has 2 unspecified atom stereocenters. The number of aliphatic hydroxyl groups is 2. The zero-order valence-electron chi connectivity index (χ0n) is 11.0. The summed E-state index contributed by atoms with van der Waals surface area (Å²) >= 11 is 0. The number of fused-ring (bicyclic) bond motifs is 2. The van der Waals surface area contributed by atoms with Gasteiger partial charge in [0, 0.05) is 6.54 Å². The normalized spacial score (nSPS) is 14.6. The van der Waals surface area contributed by atoms with Crippen molar-refractivity contribution in [2.24, 2.45) is 5.73 Å². The van der Waals surface area contributed by atoms with Crippen LogP contribution in [-0.4, -0.2) is 22.9 Å². The second-order valence-corrected chi connectivity index (χ2v) is 4.98. The van der Waals surface area contributed by atoms with Crippen LogP contribution in [0.4, 0.5) is 0 Å². The van der Waals surface area contributed by atoms with Crippen molar-refractivity contribution in [2.75, 3.05) is 6.54 Å². The monoisotopic (exact) mass is 267 g/mol. The van der Waals surface area contributed by atoms with Crippen molar-refractivity contribution in [3.63, 3.8) is 0 Å². The lowest BCUT2D eigenvalue weighted by molar-refractivity contribution is 0.0261. The topological polar surface area (TPSA) is 66.5 Å². The molecule has 3 rings (SSSR count).